The first kappa shape index (κ1) is 14.4. The molecule has 0 bridgehead atoms. The average Bonchev–Trinajstić information content (AvgIpc) is 2.97. The molecule has 0 aliphatic carbocycles. The molecule has 3 aromatic rings. The highest BCUT2D eigenvalue weighted by molar-refractivity contribution is 5.58. The summed E-state index contributed by atoms with van der Waals surface area (Å²) in [6.45, 7) is 3.39. The molecule has 0 atom stereocenters. The molecule has 0 aliphatic rings. The van der Waals surface area contributed by atoms with Crippen LogP contribution in [0.25, 0.3) is 16.9 Å². The van der Waals surface area contributed by atoms with Gasteiger partial charge >= 0.3 is 0 Å². The molecule has 22 heavy (non-hydrogen) atoms. The predicted molar refractivity (Wildman–Crippen MR) is 82.0 cm³/mol. The summed E-state index contributed by atoms with van der Waals surface area (Å²) >= 11 is 0. The number of hydrogen-bond acceptors (Lipinski definition) is 3. The molecule has 0 amide bonds. The fourth-order valence-corrected chi connectivity index (χ4v) is 2.12. The van der Waals surface area contributed by atoms with Crippen molar-refractivity contribution in [2.24, 2.45) is 0 Å². The molecule has 5 heteroatoms. The van der Waals surface area contributed by atoms with Gasteiger partial charge in [-0.3, -0.25) is 4.98 Å². The van der Waals surface area contributed by atoms with E-state index in [0.717, 1.165) is 16.9 Å². The number of rotatable bonds is 3. The number of benzene rings is 1. The lowest BCUT2D eigenvalue weighted by atomic mass is 10.0. The minimum Gasteiger partial charge on any atom is -0.384 e. The lowest BCUT2D eigenvalue weighted by Crippen LogP contribution is -2.17. The molecule has 1 aromatic carbocycles. The summed E-state index contributed by atoms with van der Waals surface area (Å²) in [5.74, 6) is -0.275. The first-order valence-corrected chi connectivity index (χ1v) is 6.94. The molecule has 2 heterocycles. The summed E-state index contributed by atoms with van der Waals surface area (Å²) in [4.78, 5) is 4.27. The van der Waals surface area contributed by atoms with Gasteiger partial charge in [-0.2, -0.15) is 5.10 Å². The van der Waals surface area contributed by atoms with Gasteiger partial charge in [-0.15, -0.1) is 0 Å². The van der Waals surface area contributed by atoms with Crippen LogP contribution in [-0.2, 0) is 5.60 Å². The van der Waals surface area contributed by atoms with Gasteiger partial charge in [0.25, 0.3) is 0 Å². The lowest BCUT2D eigenvalue weighted by molar-refractivity contribution is 0.0739. The van der Waals surface area contributed by atoms with Crippen LogP contribution >= 0.6 is 0 Å². The Morgan fingerprint density at radius 2 is 1.77 bits per heavy atom. The van der Waals surface area contributed by atoms with Gasteiger partial charge in [0.05, 0.1) is 17.1 Å². The molecule has 3 rings (SSSR count). The van der Waals surface area contributed by atoms with E-state index in [1.54, 1.807) is 42.9 Å². The monoisotopic (exact) mass is 297 g/mol. The Hall–Kier alpha value is -2.53. The number of hydrogen-bond donors (Lipinski definition) is 1. The first-order valence-electron chi connectivity index (χ1n) is 6.94. The average molecular weight is 297 g/mol. The Labute approximate surface area is 127 Å². The topological polar surface area (TPSA) is 50.9 Å². The van der Waals surface area contributed by atoms with Crippen molar-refractivity contribution >= 4 is 0 Å². The van der Waals surface area contributed by atoms with E-state index in [0.29, 0.717) is 5.69 Å². The van der Waals surface area contributed by atoms with E-state index < -0.39 is 5.60 Å². The maximum atomic E-state index is 12.9. The van der Waals surface area contributed by atoms with Crippen molar-refractivity contribution in [1.29, 1.82) is 0 Å². The first-order chi connectivity index (χ1) is 10.4. The van der Waals surface area contributed by atoms with Crippen LogP contribution in [-0.4, -0.2) is 19.9 Å². The highest BCUT2D eigenvalue weighted by Gasteiger charge is 2.17. The maximum absolute atomic E-state index is 12.9. The van der Waals surface area contributed by atoms with Crippen LogP contribution in [0, 0.1) is 5.82 Å². The van der Waals surface area contributed by atoms with Crippen molar-refractivity contribution in [3.63, 3.8) is 0 Å². The zero-order valence-corrected chi connectivity index (χ0v) is 12.4. The quantitative estimate of drug-likeness (QED) is 0.807. The minimum atomic E-state index is -0.966. The van der Waals surface area contributed by atoms with E-state index in [1.807, 2.05) is 18.3 Å². The van der Waals surface area contributed by atoms with Crippen molar-refractivity contribution in [3.05, 3.63) is 66.4 Å². The Morgan fingerprint density at radius 1 is 1.05 bits per heavy atom. The summed E-state index contributed by atoms with van der Waals surface area (Å²) in [6, 6.07) is 11.7. The predicted octanol–water partition coefficient (Wildman–Crippen LogP) is 3.30. The molecule has 0 fully saturated rings. The van der Waals surface area contributed by atoms with Crippen molar-refractivity contribution in [2.75, 3.05) is 0 Å². The SMILES string of the molecule is CC(C)(O)c1ccc(-c2ccn(-c3ccc(F)cc3)n2)cn1. The van der Waals surface area contributed by atoms with Gasteiger partial charge in [0.2, 0.25) is 0 Å². The van der Waals surface area contributed by atoms with Crippen LogP contribution in [0.3, 0.4) is 0 Å². The molecule has 0 spiro atoms. The van der Waals surface area contributed by atoms with Gasteiger partial charge in [0, 0.05) is 18.0 Å². The van der Waals surface area contributed by atoms with Crippen LogP contribution in [0.15, 0.2) is 54.9 Å². The van der Waals surface area contributed by atoms with E-state index >= 15 is 0 Å². The van der Waals surface area contributed by atoms with Gasteiger partial charge in [-0.05, 0) is 56.3 Å². The molecule has 0 saturated carbocycles. The number of aliphatic hydroxyl groups is 1. The second-order valence-corrected chi connectivity index (χ2v) is 5.61. The van der Waals surface area contributed by atoms with E-state index in [1.165, 1.54) is 12.1 Å². The van der Waals surface area contributed by atoms with Crippen molar-refractivity contribution < 1.29 is 9.50 Å². The smallest absolute Gasteiger partial charge is 0.123 e. The molecule has 112 valence electrons. The summed E-state index contributed by atoms with van der Waals surface area (Å²) < 4.78 is 14.6. The fourth-order valence-electron chi connectivity index (χ4n) is 2.12. The van der Waals surface area contributed by atoms with Crippen LogP contribution in [0.1, 0.15) is 19.5 Å². The van der Waals surface area contributed by atoms with Gasteiger partial charge in [-0.25, -0.2) is 9.07 Å². The third kappa shape index (κ3) is 2.89. The van der Waals surface area contributed by atoms with Crippen LogP contribution in [0.2, 0.25) is 0 Å². The largest absolute Gasteiger partial charge is 0.384 e. The molecule has 0 unspecified atom stereocenters. The summed E-state index contributed by atoms with van der Waals surface area (Å²) in [5, 5.41) is 14.4. The standard InChI is InChI=1S/C17H16FN3O/c1-17(2,22)16-8-3-12(11-19-16)15-9-10-21(20-15)14-6-4-13(18)5-7-14/h3-11,22H,1-2H3. The number of halogens is 1. The van der Waals surface area contributed by atoms with Gasteiger partial charge in [0.1, 0.15) is 11.4 Å². The minimum absolute atomic E-state index is 0.275. The van der Waals surface area contributed by atoms with Gasteiger partial charge in [-0.1, -0.05) is 0 Å². The molecule has 4 nitrogen and oxygen atoms in total. The fraction of sp³-hybridized carbons (Fsp3) is 0.176. The van der Waals surface area contributed by atoms with E-state index in [2.05, 4.69) is 10.1 Å². The third-order valence-electron chi connectivity index (χ3n) is 3.37. The van der Waals surface area contributed by atoms with Crippen molar-refractivity contribution in [2.45, 2.75) is 19.4 Å². The normalized spacial score (nSPS) is 11.6. The highest BCUT2D eigenvalue weighted by atomic mass is 19.1. The molecule has 0 saturated heterocycles. The number of aromatic nitrogens is 3. The van der Waals surface area contributed by atoms with Gasteiger partial charge < -0.3 is 5.11 Å². The number of pyridine rings is 1. The lowest BCUT2D eigenvalue weighted by Gasteiger charge is -2.16. The van der Waals surface area contributed by atoms with E-state index in [4.69, 9.17) is 0 Å². The van der Waals surface area contributed by atoms with Crippen LogP contribution < -0.4 is 0 Å². The molecule has 2 aromatic heterocycles. The maximum Gasteiger partial charge on any atom is 0.123 e. The molecule has 0 radical (unpaired) electrons. The molecular weight excluding hydrogens is 281 g/mol. The zero-order valence-electron chi connectivity index (χ0n) is 12.4. The molecular formula is C17H16FN3O. The van der Waals surface area contributed by atoms with E-state index in [9.17, 15) is 9.50 Å². The van der Waals surface area contributed by atoms with Crippen molar-refractivity contribution in [1.82, 2.24) is 14.8 Å². The Morgan fingerprint density at radius 3 is 2.36 bits per heavy atom. The summed E-state index contributed by atoms with van der Waals surface area (Å²) in [5.41, 5.74) is 2.04. The second-order valence-electron chi connectivity index (χ2n) is 5.61. The molecule has 0 aliphatic heterocycles. The Kier molecular flexibility index (Phi) is 3.50. The third-order valence-corrected chi connectivity index (χ3v) is 3.37. The second kappa shape index (κ2) is 5.35. The Balaban J connectivity index is 1.89. The number of nitrogens with zero attached hydrogens (tertiary/aromatic N) is 3. The van der Waals surface area contributed by atoms with Crippen LogP contribution in [0.4, 0.5) is 4.39 Å². The zero-order chi connectivity index (χ0) is 15.7. The van der Waals surface area contributed by atoms with Crippen molar-refractivity contribution in [3.8, 4) is 16.9 Å². The van der Waals surface area contributed by atoms with Crippen LogP contribution in [0.5, 0.6) is 0 Å². The highest BCUT2D eigenvalue weighted by Crippen LogP contribution is 2.22. The Bertz CT molecular complexity index is 771. The summed E-state index contributed by atoms with van der Waals surface area (Å²) in [6.07, 6.45) is 3.50. The van der Waals surface area contributed by atoms with Gasteiger partial charge in [0.15, 0.2) is 0 Å². The van der Waals surface area contributed by atoms with E-state index in [-0.39, 0.29) is 5.82 Å². The summed E-state index contributed by atoms with van der Waals surface area (Å²) in [7, 11) is 0. The molecule has 1 N–H and O–H groups in total.